The van der Waals surface area contributed by atoms with E-state index in [4.69, 9.17) is 9.97 Å². The van der Waals surface area contributed by atoms with E-state index >= 15 is 0 Å². The summed E-state index contributed by atoms with van der Waals surface area (Å²) in [5.74, 6) is -0.637. The van der Waals surface area contributed by atoms with Crippen LogP contribution >= 0.6 is 0 Å². The van der Waals surface area contributed by atoms with Gasteiger partial charge in [-0.1, -0.05) is 72.8 Å². The quantitative estimate of drug-likeness (QED) is 0.239. The molecule has 0 aliphatic carbocycles. The second-order valence-electron chi connectivity index (χ2n) is 12.1. The van der Waals surface area contributed by atoms with Gasteiger partial charge in [-0.2, -0.15) is 0 Å². The van der Waals surface area contributed by atoms with Gasteiger partial charge in [0.2, 0.25) is 0 Å². The van der Waals surface area contributed by atoms with Gasteiger partial charge in [-0.25, -0.2) is 63.6 Å². The van der Waals surface area contributed by atoms with Crippen LogP contribution in [0.1, 0.15) is 0 Å². The first-order chi connectivity index (χ1) is 26.3. The predicted molar refractivity (Wildman–Crippen MR) is 188 cm³/mol. The number of fused-ring (bicyclic) bond motifs is 20. The molecule has 58 heavy (non-hydrogen) atoms. The zero-order valence-corrected chi connectivity index (χ0v) is 34.1. The zero-order chi connectivity index (χ0) is 39.7. The summed E-state index contributed by atoms with van der Waals surface area (Å²) in [4.78, 5) is 23.0. The van der Waals surface area contributed by atoms with Crippen LogP contribution < -0.4 is 0 Å². The Morgan fingerprint density at radius 2 is 0.621 bits per heavy atom. The summed E-state index contributed by atoms with van der Waals surface area (Å²) < 4.78 is 154. The Hall–Kier alpha value is -4.95. The van der Waals surface area contributed by atoms with Gasteiger partial charge in [-0.15, -0.1) is 0 Å². The van der Waals surface area contributed by atoms with E-state index < -0.39 is 82.1 Å². The molecular formula is C32H14N8O12S4V2. The van der Waals surface area contributed by atoms with Crippen molar-refractivity contribution < 1.29 is 89.0 Å². The van der Waals surface area contributed by atoms with Gasteiger partial charge in [0.05, 0.1) is 19.6 Å². The van der Waals surface area contributed by atoms with Crippen LogP contribution in [-0.4, -0.2) is 91.8 Å². The molecule has 0 saturated carbocycles. The number of hydrogen-bond acceptors (Lipinski definition) is 18. The van der Waals surface area contributed by atoms with Crippen LogP contribution in [0.25, 0.3) is 89.7 Å². The third-order valence-electron chi connectivity index (χ3n) is 8.82. The van der Waals surface area contributed by atoms with E-state index in [2.05, 4.69) is 29.9 Å². The van der Waals surface area contributed by atoms with E-state index in [1.54, 1.807) is 60.7 Å². The molecule has 2 aliphatic heterocycles. The van der Waals surface area contributed by atoms with E-state index in [0.29, 0.717) is 21.9 Å². The Morgan fingerprint density at radius 1 is 0.362 bits per heavy atom. The van der Waals surface area contributed by atoms with Crippen LogP contribution in [0.3, 0.4) is 0 Å². The SMILES string of the molecule is O=S(=O)([O-])c1c(S(=O)(=O)[O-])c(S(=O)(=O)[O-])c2c3nc4nc(nc5[nH]c(nc6nc(nc([nH]3)c2c1S(=O)(=O)[O-])-c1ccccc1-6)c1ccccc51)-c1ccccc1-4.[V+2].[V+2]. The van der Waals surface area contributed by atoms with E-state index in [1.807, 2.05) is 0 Å². The van der Waals surface area contributed by atoms with Crippen molar-refractivity contribution >= 4 is 84.6 Å². The van der Waals surface area contributed by atoms with Crippen molar-refractivity contribution in [3.63, 3.8) is 0 Å². The molecule has 9 rings (SSSR count). The molecule has 0 unspecified atom stereocenters. The number of rotatable bonds is 4. The molecular weight excluding hydrogens is 919 g/mol. The summed E-state index contributed by atoms with van der Waals surface area (Å²) in [6.07, 6.45) is 0. The topological polar surface area (TPSA) is 338 Å². The number of H-pyrrole nitrogens is 2. The van der Waals surface area contributed by atoms with Crippen molar-refractivity contribution in [3.05, 3.63) is 72.8 Å². The summed E-state index contributed by atoms with van der Waals surface area (Å²) in [7, 11) is -26.0. The van der Waals surface area contributed by atoms with Crippen molar-refractivity contribution in [2.45, 2.75) is 19.6 Å². The minimum absolute atomic E-state index is 0. The average Bonchev–Trinajstić information content (AvgIpc) is 3.84. The number of benzene rings is 4. The summed E-state index contributed by atoms with van der Waals surface area (Å²) >= 11 is 0. The van der Waals surface area contributed by atoms with Crippen LogP contribution in [0.2, 0.25) is 0 Å². The molecule has 7 aromatic rings. The Labute approximate surface area is 349 Å². The van der Waals surface area contributed by atoms with Crippen LogP contribution in [0, 0.1) is 0 Å². The van der Waals surface area contributed by atoms with E-state index in [-0.39, 0.29) is 82.8 Å². The third-order valence-corrected chi connectivity index (χ3v) is 12.8. The van der Waals surface area contributed by atoms with Gasteiger partial charge in [0.1, 0.15) is 63.1 Å². The van der Waals surface area contributed by atoms with Gasteiger partial charge in [0.25, 0.3) is 0 Å². The first-order valence-corrected chi connectivity index (χ1v) is 21.1. The molecule has 0 atom stereocenters. The maximum atomic E-state index is 13.0. The van der Waals surface area contributed by atoms with Gasteiger partial charge >= 0.3 is 37.1 Å². The van der Waals surface area contributed by atoms with Crippen molar-refractivity contribution in [1.82, 2.24) is 39.9 Å². The number of nitrogens with one attached hydrogen (secondary N) is 2. The second-order valence-corrected chi connectivity index (χ2v) is 17.4. The summed E-state index contributed by atoms with van der Waals surface area (Å²) in [6.45, 7) is 0. The van der Waals surface area contributed by atoms with Crippen LogP contribution in [0.4, 0.5) is 0 Å². The molecule has 288 valence electrons. The largest absolute Gasteiger partial charge is 2.00 e. The van der Waals surface area contributed by atoms with E-state index in [0.717, 1.165) is 0 Å². The molecule has 26 heteroatoms. The first kappa shape index (κ1) is 41.2. The Bertz CT molecular complexity index is 3390. The minimum Gasteiger partial charge on any atom is -0.744 e. The smallest absolute Gasteiger partial charge is 0.744 e. The van der Waals surface area contributed by atoms with Gasteiger partial charge in [-0.3, -0.25) is 0 Å². The molecule has 0 spiro atoms. The van der Waals surface area contributed by atoms with Crippen LogP contribution in [0.5, 0.6) is 0 Å². The molecule has 0 saturated heterocycles. The maximum absolute atomic E-state index is 13.0. The van der Waals surface area contributed by atoms with Crippen molar-refractivity contribution in [2.75, 3.05) is 0 Å². The molecule has 2 N–H and O–H groups in total. The maximum Gasteiger partial charge on any atom is 2.00 e. The predicted octanol–water partition coefficient (Wildman–Crippen LogP) is 2.48. The van der Waals surface area contributed by atoms with Gasteiger partial charge in [0.15, 0.2) is 23.3 Å². The monoisotopic (exact) mass is 932 g/mol. The summed E-state index contributed by atoms with van der Waals surface area (Å²) in [5, 5.41) is -1.56. The molecule has 20 nitrogen and oxygen atoms in total. The normalized spacial score (nSPS) is 12.8. The van der Waals surface area contributed by atoms with Crippen molar-refractivity contribution in [3.8, 4) is 45.6 Å². The number of hydrogen-bond donors (Lipinski definition) is 2. The molecule has 4 aromatic carbocycles. The molecule has 2 radical (unpaired) electrons. The average molecular weight is 933 g/mol. The van der Waals surface area contributed by atoms with Crippen molar-refractivity contribution in [1.29, 1.82) is 0 Å². The summed E-state index contributed by atoms with van der Waals surface area (Å²) in [5.41, 5.74) is -0.283. The fourth-order valence-corrected chi connectivity index (χ4v) is 11.6. The van der Waals surface area contributed by atoms with Gasteiger partial charge in [0, 0.05) is 43.8 Å². The zero-order valence-electron chi connectivity index (χ0n) is 28.0. The Morgan fingerprint density at radius 3 is 0.914 bits per heavy atom. The van der Waals surface area contributed by atoms with Gasteiger partial charge in [-0.05, 0) is 0 Å². The fraction of sp³-hybridized carbons (Fsp3) is 0. The fourth-order valence-electron chi connectivity index (χ4n) is 6.72. The molecule has 5 heterocycles. The Kier molecular flexibility index (Phi) is 9.82. The Balaban J connectivity index is 0.00000256. The van der Waals surface area contributed by atoms with Crippen molar-refractivity contribution in [2.24, 2.45) is 0 Å². The van der Waals surface area contributed by atoms with Crippen LogP contribution in [0.15, 0.2) is 92.4 Å². The molecule has 2 aliphatic rings. The molecule has 8 bridgehead atoms. The van der Waals surface area contributed by atoms with Gasteiger partial charge < -0.3 is 28.2 Å². The first-order valence-electron chi connectivity index (χ1n) is 15.5. The molecule has 0 amide bonds. The second kappa shape index (κ2) is 13.8. The third kappa shape index (κ3) is 6.52. The minimum atomic E-state index is -6.60. The molecule has 3 aromatic heterocycles. The number of nitrogens with zero attached hydrogens (tertiary/aromatic N) is 6. The summed E-state index contributed by atoms with van der Waals surface area (Å²) in [6, 6.07) is 19.6. The standard InChI is InChI=1S/C32H18N8O12S4.2V/c41-53(42,43)21-19-20(22(54(44,45)46)24(56(50,51)52)23(21)55(47,48)49)32-39-30-18-12-6-4-10-16(18)28(37-30)35-26-14-8-2-1-7-13(14)25(33-26)34-27-15-9-3-5-11-17(15)29(36-27)38-31(19)40-32;;/h1-12H,(H,41,42,43)(H,44,45,46)(H,47,48,49)(H,50,51,52)(H2,33,34,35,36,37,38,39,40);;/q;2*+2/p-4. The number of aromatic amines is 2. The van der Waals surface area contributed by atoms with E-state index in [1.165, 1.54) is 12.1 Å². The van der Waals surface area contributed by atoms with E-state index in [9.17, 15) is 51.9 Å². The van der Waals surface area contributed by atoms with Crippen LogP contribution in [-0.2, 0) is 77.6 Å². The number of aromatic nitrogens is 8. The molecule has 0 fully saturated rings.